The van der Waals surface area contributed by atoms with Crippen molar-refractivity contribution >= 4 is 15.9 Å². The Kier molecular flexibility index (Phi) is 7.46. The van der Waals surface area contributed by atoms with Crippen LogP contribution >= 0.6 is 0 Å². The second-order valence-electron chi connectivity index (χ2n) is 8.29. The highest BCUT2D eigenvalue weighted by Crippen LogP contribution is 2.30. The average Bonchev–Trinajstić information content (AvgIpc) is 2.76. The summed E-state index contributed by atoms with van der Waals surface area (Å²) in [5, 5.41) is 2.94. The van der Waals surface area contributed by atoms with Crippen molar-refractivity contribution in [1.29, 1.82) is 0 Å². The van der Waals surface area contributed by atoms with Crippen molar-refractivity contribution in [1.82, 2.24) is 9.62 Å². The molecule has 2 aromatic carbocycles. The number of ether oxygens (including phenoxy) is 2. The standard InChI is InChI=1S/C24H32N2O5S/c1-16-12-17(2)23(18(3)13-16)32(28,29)26-11-7-8-19(15-26)24(27)25-14-20-21(30-4)9-6-10-22(20)31-5/h6,9-10,12-13,19H,7-8,11,14-15H2,1-5H3,(H,25,27). The third-order valence-corrected chi connectivity index (χ3v) is 8.10. The molecule has 1 amide bonds. The summed E-state index contributed by atoms with van der Waals surface area (Å²) in [5.41, 5.74) is 3.24. The first kappa shape index (κ1) is 24.1. The number of sulfonamides is 1. The summed E-state index contributed by atoms with van der Waals surface area (Å²) < 4.78 is 39.1. The third-order valence-electron chi connectivity index (χ3n) is 5.93. The highest BCUT2D eigenvalue weighted by molar-refractivity contribution is 7.89. The number of aryl methyl sites for hydroxylation is 3. The van der Waals surface area contributed by atoms with Gasteiger partial charge in [-0.2, -0.15) is 4.31 Å². The molecule has 8 heteroatoms. The summed E-state index contributed by atoms with van der Waals surface area (Å²) in [5.74, 6) is 0.672. The summed E-state index contributed by atoms with van der Waals surface area (Å²) in [7, 11) is -0.545. The molecule has 1 atom stereocenters. The summed E-state index contributed by atoms with van der Waals surface area (Å²) >= 11 is 0. The molecular weight excluding hydrogens is 428 g/mol. The Morgan fingerprint density at radius 2 is 1.69 bits per heavy atom. The first-order valence-electron chi connectivity index (χ1n) is 10.7. The van der Waals surface area contributed by atoms with E-state index < -0.39 is 15.9 Å². The van der Waals surface area contributed by atoms with Crippen molar-refractivity contribution in [2.24, 2.45) is 5.92 Å². The van der Waals surface area contributed by atoms with Gasteiger partial charge in [-0.15, -0.1) is 0 Å². The molecule has 0 saturated carbocycles. The van der Waals surface area contributed by atoms with Crippen LogP contribution in [0.1, 0.15) is 35.1 Å². The number of piperidine rings is 1. The lowest BCUT2D eigenvalue weighted by atomic mass is 9.98. The summed E-state index contributed by atoms with van der Waals surface area (Å²) in [6, 6.07) is 9.21. The second-order valence-corrected chi connectivity index (χ2v) is 10.2. The van der Waals surface area contributed by atoms with Crippen LogP contribution in [0.25, 0.3) is 0 Å². The predicted molar refractivity (Wildman–Crippen MR) is 124 cm³/mol. The zero-order chi connectivity index (χ0) is 23.5. The van der Waals surface area contributed by atoms with Gasteiger partial charge in [0.2, 0.25) is 15.9 Å². The van der Waals surface area contributed by atoms with E-state index in [9.17, 15) is 13.2 Å². The monoisotopic (exact) mass is 460 g/mol. The first-order valence-corrected chi connectivity index (χ1v) is 12.2. The van der Waals surface area contributed by atoms with Gasteiger partial charge in [-0.05, 0) is 56.9 Å². The molecule has 0 aromatic heterocycles. The maximum absolute atomic E-state index is 13.4. The molecule has 3 rings (SSSR count). The molecule has 174 valence electrons. The minimum absolute atomic E-state index is 0.171. The molecule has 2 aromatic rings. The smallest absolute Gasteiger partial charge is 0.243 e. The fourth-order valence-corrected chi connectivity index (χ4v) is 6.44. The molecule has 1 saturated heterocycles. The number of hydrogen-bond donors (Lipinski definition) is 1. The van der Waals surface area contributed by atoms with E-state index >= 15 is 0 Å². The lowest BCUT2D eigenvalue weighted by molar-refractivity contribution is -0.126. The van der Waals surface area contributed by atoms with Gasteiger partial charge < -0.3 is 14.8 Å². The van der Waals surface area contributed by atoms with E-state index in [-0.39, 0.29) is 19.0 Å². The van der Waals surface area contributed by atoms with E-state index in [4.69, 9.17) is 9.47 Å². The van der Waals surface area contributed by atoms with Gasteiger partial charge in [-0.3, -0.25) is 4.79 Å². The van der Waals surface area contributed by atoms with E-state index in [1.54, 1.807) is 14.2 Å². The molecule has 1 unspecified atom stereocenters. The van der Waals surface area contributed by atoms with Crippen LogP contribution in [0, 0.1) is 26.7 Å². The van der Waals surface area contributed by atoms with Gasteiger partial charge in [0.1, 0.15) is 11.5 Å². The second kappa shape index (κ2) is 9.92. The first-order chi connectivity index (χ1) is 15.2. The summed E-state index contributed by atoms with van der Waals surface area (Å²) in [6.45, 7) is 6.42. The van der Waals surface area contributed by atoms with Gasteiger partial charge in [-0.25, -0.2) is 8.42 Å². The van der Waals surface area contributed by atoms with E-state index in [1.165, 1.54) is 4.31 Å². The molecule has 0 radical (unpaired) electrons. The minimum Gasteiger partial charge on any atom is -0.496 e. The van der Waals surface area contributed by atoms with Crippen LogP contribution in [-0.2, 0) is 21.4 Å². The predicted octanol–water partition coefficient (Wildman–Crippen LogP) is 3.35. The van der Waals surface area contributed by atoms with Crippen molar-refractivity contribution in [2.75, 3.05) is 27.3 Å². The number of methoxy groups -OCH3 is 2. The van der Waals surface area contributed by atoms with Crippen LogP contribution in [0.3, 0.4) is 0 Å². The highest BCUT2D eigenvalue weighted by atomic mass is 32.2. The van der Waals surface area contributed by atoms with Crippen LogP contribution in [0.2, 0.25) is 0 Å². The Balaban J connectivity index is 1.75. The van der Waals surface area contributed by atoms with Gasteiger partial charge in [-0.1, -0.05) is 23.8 Å². The topological polar surface area (TPSA) is 84.9 Å². The summed E-state index contributed by atoms with van der Waals surface area (Å²) in [4.78, 5) is 13.3. The van der Waals surface area contributed by atoms with Crippen LogP contribution in [0.4, 0.5) is 0 Å². The number of nitrogens with one attached hydrogen (secondary N) is 1. The fourth-order valence-electron chi connectivity index (χ4n) is 4.50. The van der Waals surface area contributed by atoms with Crippen LogP contribution in [0.15, 0.2) is 35.2 Å². The molecule has 0 bridgehead atoms. The van der Waals surface area contributed by atoms with Gasteiger partial charge in [0.15, 0.2) is 0 Å². The van der Waals surface area contributed by atoms with Gasteiger partial charge in [0.25, 0.3) is 0 Å². The van der Waals surface area contributed by atoms with Crippen molar-refractivity contribution in [3.05, 3.63) is 52.6 Å². The maximum atomic E-state index is 13.4. The maximum Gasteiger partial charge on any atom is 0.243 e. The van der Waals surface area contributed by atoms with Crippen LogP contribution < -0.4 is 14.8 Å². The molecule has 1 heterocycles. The zero-order valence-electron chi connectivity index (χ0n) is 19.4. The molecule has 7 nitrogen and oxygen atoms in total. The normalized spacial score (nSPS) is 17.1. The molecule has 0 aliphatic carbocycles. The van der Waals surface area contributed by atoms with Gasteiger partial charge in [0, 0.05) is 13.1 Å². The van der Waals surface area contributed by atoms with Crippen molar-refractivity contribution in [3.8, 4) is 11.5 Å². The summed E-state index contributed by atoms with van der Waals surface area (Å²) in [6.07, 6.45) is 1.28. The zero-order valence-corrected chi connectivity index (χ0v) is 20.2. The van der Waals surface area contributed by atoms with E-state index in [2.05, 4.69) is 5.32 Å². The molecule has 1 aliphatic rings. The van der Waals surface area contributed by atoms with E-state index in [1.807, 2.05) is 51.1 Å². The molecule has 1 fully saturated rings. The van der Waals surface area contributed by atoms with E-state index in [0.717, 1.165) is 22.3 Å². The number of benzene rings is 2. The lowest BCUT2D eigenvalue weighted by Crippen LogP contribution is -2.45. The number of carbonyl (C=O) groups excluding carboxylic acids is 1. The highest BCUT2D eigenvalue weighted by Gasteiger charge is 2.35. The molecule has 1 N–H and O–H groups in total. The number of amides is 1. The van der Waals surface area contributed by atoms with Crippen LogP contribution in [0.5, 0.6) is 11.5 Å². The molecule has 1 aliphatic heterocycles. The largest absolute Gasteiger partial charge is 0.496 e. The quantitative estimate of drug-likeness (QED) is 0.685. The Labute approximate surface area is 190 Å². The number of carbonyl (C=O) groups is 1. The van der Waals surface area contributed by atoms with E-state index in [0.29, 0.717) is 35.8 Å². The molecule has 32 heavy (non-hydrogen) atoms. The van der Waals surface area contributed by atoms with Gasteiger partial charge >= 0.3 is 0 Å². The Hall–Kier alpha value is -2.58. The Bertz CT molecular complexity index is 1050. The van der Waals surface area contributed by atoms with Crippen molar-refractivity contribution in [2.45, 2.75) is 45.1 Å². The SMILES string of the molecule is COc1cccc(OC)c1CNC(=O)C1CCCN(S(=O)(=O)c2c(C)cc(C)cc2C)C1. The average molecular weight is 461 g/mol. The van der Waals surface area contributed by atoms with Crippen molar-refractivity contribution < 1.29 is 22.7 Å². The molecular formula is C24H32N2O5S. The Morgan fingerprint density at radius 3 is 2.25 bits per heavy atom. The van der Waals surface area contributed by atoms with Crippen LogP contribution in [-0.4, -0.2) is 45.9 Å². The van der Waals surface area contributed by atoms with Gasteiger partial charge in [0.05, 0.1) is 37.1 Å². The fraction of sp³-hybridized carbons (Fsp3) is 0.458. The number of rotatable bonds is 7. The third kappa shape index (κ3) is 4.91. The molecule has 0 spiro atoms. The van der Waals surface area contributed by atoms with Crippen molar-refractivity contribution in [3.63, 3.8) is 0 Å². The number of hydrogen-bond acceptors (Lipinski definition) is 5. The lowest BCUT2D eigenvalue weighted by Gasteiger charge is -2.32. The number of nitrogens with zero attached hydrogens (tertiary/aromatic N) is 1. The minimum atomic E-state index is -3.68. The Morgan fingerprint density at radius 1 is 1.09 bits per heavy atom.